The molecule has 0 aliphatic heterocycles. The van der Waals surface area contributed by atoms with Crippen molar-refractivity contribution >= 4 is 56.4 Å². The summed E-state index contributed by atoms with van der Waals surface area (Å²) in [6.07, 6.45) is 0.556. The van der Waals surface area contributed by atoms with Crippen LogP contribution in [0.2, 0.25) is 0 Å². The number of non-ortho nitro benzene ring substituents is 2. The van der Waals surface area contributed by atoms with E-state index in [4.69, 9.17) is 0 Å². The number of carbonyl (C=O) groups is 1. The molecule has 3 rings (SSSR count). The molecular weight excluding hydrogens is 465 g/mol. The maximum Gasteiger partial charge on any atom is 0.277 e. The van der Waals surface area contributed by atoms with Crippen LogP contribution < -0.4 is 4.90 Å². The van der Waals surface area contributed by atoms with Crippen molar-refractivity contribution in [2.24, 2.45) is 0 Å². The van der Waals surface area contributed by atoms with E-state index in [1.165, 1.54) is 23.1 Å². The highest BCUT2D eigenvalue weighted by molar-refractivity contribution is 7.22. The van der Waals surface area contributed by atoms with Crippen LogP contribution in [0.15, 0.2) is 36.4 Å². The van der Waals surface area contributed by atoms with Gasteiger partial charge in [0.25, 0.3) is 17.3 Å². The van der Waals surface area contributed by atoms with Gasteiger partial charge in [0.05, 0.1) is 31.7 Å². The number of halogens is 2. The average molecular weight is 484 g/mol. The zero-order chi connectivity index (χ0) is 22.7. The number of nitrogens with zero attached hydrogens (tertiary/aromatic N) is 5. The maximum atomic E-state index is 13.6. The molecule has 0 radical (unpaired) electrons. The number of nitro benzene ring substituents is 2. The lowest BCUT2D eigenvalue weighted by molar-refractivity contribution is -0.394. The van der Waals surface area contributed by atoms with Crippen molar-refractivity contribution in [3.05, 3.63) is 68.0 Å². The number of rotatable bonds is 8. The van der Waals surface area contributed by atoms with Gasteiger partial charge in [0.15, 0.2) is 5.13 Å². The van der Waals surface area contributed by atoms with E-state index < -0.39 is 32.9 Å². The monoisotopic (exact) mass is 483 g/mol. The lowest BCUT2D eigenvalue weighted by Crippen LogP contribution is -2.33. The third-order valence-electron chi connectivity index (χ3n) is 4.37. The summed E-state index contributed by atoms with van der Waals surface area (Å²) in [5, 5.41) is 22.7. The van der Waals surface area contributed by atoms with Crippen molar-refractivity contribution in [1.82, 2.24) is 9.88 Å². The molecule has 0 aliphatic rings. The summed E-state index contributed by atoms with van der Waals surface area (Å²) in [5.41, 5.74) is -0.817. The molecule has 0 fully saturated rings. The molecule has 1 aromatic heterocycles. The number of amides is 1. The van der Waals surface area contributed by atoms with E-state index in [0.717, 1.165) is 29.5 Å². The molecule has 0 atom stereocenters. The van der Waals surface area contributed by atoms with Gasteiger partial charge in [-0.05, 0) is 45.3 Å². The predicted octanol–water partition coefficient (Wildman–Crippen LogP) is 4.27. The van der Waals surface area contributed by atoms with Crippen LogP contribution in [-0.4, -0.2) is 52.8 Å². The van der Waals surface area contributed by atoms with Crippen molar-refractivity contribution in [3.63, 3.8) is 0 Å². The standard InChI is InChI=1S/C19H18FN5O5S.ClH/c1-22(2)6-3-7-23(19-21-16-5-4-13(20)10-17(16)31-19)18(26)12-8-14(24(27)28)11-15(9-12)25(29)30;/h4-5,8-11H,3,6-7H2,1-2H3;1H. The van der Waals surface area contributed by atoms with Gasteiger partial charge < -0.3 is 4.90 Å². The predicted molar refractivity (Wildman–Crippen MR) is 121 cm³/mol. The van der Waals surface area contributed by atoms with E-state index in [0.29, 0.717) is 23.2 Å². The Hall–Kier alpha value is -3.22. The van der Waals surface area contributed by atoms with Crippen LogP contribution in [0.1, 0.15) is 16.8 Å². The lowest BCUT2D eigenvalue weighted by Gasteiger charge is -2.21. The van der Waals surface area contributed by atoms with Crippen molar-refractivity contribution < 1.29 is 19.0 Å². The average Bonchev–Trinajstić information content (AvgIpc) is 3.12. The Morgan fingerprint density at radius 3 is 2.25 bits per heavy atom. The topological polar surface area (TPSA) is 123 Å². The second kappa shape index (κ2) is 10.4. The summed E-state index contributed by atoms with van der Waals surface area (Å²) < 4.78 is 14.1. The molecule has 3 aromatic rings. The van der Waals surface area contributed by atoms with Crippen LogP contribution in [0.3, 0.4) is 0 Å². The first kappa shape index (κ1) is 25.0. The fourth-order valence-corrected chi connectivity index (χ4v) is 3.93. The minimum Gasteiger partial charge on any atom is -0.309 e. The molecular formula is C19H19ClFN5O5S. The first-order chi connectivity index (χ1) is 14.7. The Morgan fingerprint density at radius 1 is 1.06 bits per heavy atom. The third-order valence-corrected chi connectivity index (χ3v) is 5.41. The Balaban J connectivity index is 0.00000363. The second-order valence-corrected chi connectivity index (χ2v) is 7.98. The van der Waals surface area contributed by atoms with Gasteiger partial charge in [0.1, 0.15) is 5.82 Å². The number of fused-ring (bicyclic) bond motifs is 1. The van der Waals surface area contributed by atoms with Gasteiger partial charge >= 0.3 is 0 Å². The highest BCUT2D eigenvalue weighted by atomic mass is 35.5. The molecule has 0 bridgehead atoms. The third kappa shape index (κ3) is 5.72. The Kier molecular flexibility index (Phi) is 8.14. The quantitative estimate of drug-likeness (QED) is 0.346. The van der Waals surface area contributed by atoms with E-state index in [2.05, 4.69) is 4.98 Å². The Morgan fingerprint density at radius 2 is 1.69 bits per heavy atom. The molecule has 32 heavy (non-hydrogen) atoms. The van der Waals surface area contributed by atoms with E-state index in [1.807, 2.05) is 19.0 Å². The molecule has 1 amide bonds. The van der Waals surface area contributed by atoms with E-state index in [9.17, 15) is 29.4 Å². The van der Waals surface area contributed by atoms with Crippen LogP contribution >= 0.6 is 23.7 Å². The number of hydrogen-bond donors (Lipinski definition) is 0. The fraction of sp³-hybridized carbons (Fsp3) is 0.263. The van der Waals surface area contributed by atoms with Gasteiger partial charge in [0, 0.05) is 18.7 Å². The highest BCUT2D eigenvalue weighted by Crippen LogP contribution is 2.31. The first-order valence-corrected chi connectivity index (χ1v) is 9.94. The molecule has 13 heteroatoms. The molecule has 10 nitrogen and oxygen atoms in total. The van der Waals surface area contributed by atoms with Gasteiger partial charge in [0.2, 0.25) is 0 Å². The van der Waals surface area contributed by atoms with Crippen molar-refractivity contribution in [2.75, 3.05) is 32.1 Å². The summed E-state index contributed by atoms with van der Waals surface area (Å²) in [6, 6.07) is 6.85. The zero-order valence-corrected chi connectivity index (χ0v) is 18.7. The van der Waals surface area contributed by atoms with Crippen molar-refractivity contribution in [3.8, 4) is 0 Å². The molecule has 0 saturated heterocycles. The van der Waals surface area contributed by atoms with Gasteiger partial charge in [-0.25, -0.2) is 9.37 Å². The first-order valence-electron chi connectivity index (χ1n) is 9.12. The van der Waals surface area contributed by atoms with Crippen LogP contribution in [0.4, 0.5) is 20.9 Å². The summed E-state index contributed by atoms with van der Waals surface area (Å²) in [4.78, 5) is 41.7. The van der Waals surface area contributed by atoms with Crippen molar-refractivity contribution in [2.45, 2.75) is 6.42 Å². The minimum atomic E-state index is -0.791. The van der Waals surface area contributed by atoms with Crippen LogP contribution in [0.25, 0.3) is 10.2 Å². The van der Waals surface area contributed by atoms with Gasteiger partial charge in [-0.1, -0.05) is 11.3 Å². The SMILES string of the molecule is CN(C)CCCN(C(=O)c1cc([N+](=O)[O-])cc([N+](=O)[O-])c1)c1nc2ccc(F)cc2s1.Cl. The Bertz CT molecular complexity index is 1140. The summed E-state index contributed by atoms with van der Waals surface area (Å²) in [7, 11) is 3.74. The number of hydrogen-bond acceptors (Lipinski definition) is 8. The minimum absolute atomic E-state index is 0. The molecule has 0 spiro atoms. The summed E-state index contributed by atoms with van der Waals surface area (Å²) in [5.74, 6) is -1.10. The molecule has 1 heterocycles. The van der Waals surface area contributed by atoms with Crippen LogP contribution in [0, 0.1) is 26.0 Å². The summed E-state index contributed by atoms with van der Waals surface area (Å²) in [6.45, 7) is 0.869. The number of anilines is 1. The molecule has 0 unspecified atom stereocenters. The van der Waals surface area contributed by atoms with Gasteiger partial charge in [-0.15, -0.1) is 12.4 Å². The second-order valence-electron chi connectivity index (χ2n) is 6.97. The normalized spacial score (nSPS) is 10.8. The smallest absolute Gasteiger partial charge is 0.277 e. The largest absolute Gasteiger partial charge is 0.309 e. The number of aromatic nitrogens is 1. The Labute approximate surface area is 192 Å². The number of nitro groups is 2. The van der Waals surface area contributed by atoms with E-state index in [1.54, 1.807) is 0 Å². The number of benzene rings is 2. The van der Waals surface area contributed by atoms with E-state index in [-0.39, 0.29) is 29.6 Å². The molecule has 0 saturated carbocycles. The maximum absolute atomic E-state index is 13.6. The highest BCUT2D eigenvalue weighted by Gasteiger charge is 2.26. The van der Waals surface area contributed by atoms with Crippen molar-refractivity contribution in [1.29, 1.82) is 0 Å². The number of thiazole rings is 1. The van der Waals surface area contributed by atoms with Crippen LogP contribution in [-0.2, 0) is 0 Å². The molecule has 0 N–H and O–H groups in total. The molecule has 0 aliphatic carbocycles. The zero-order valence-electron chi connectivity index (χ0n) is 17.1. The van der Waals surface area contributed by atoms with Gasteiger partial charge in [-0.2, -0.15) is 0 Å². The molecule has 2 aromatic carbocycles. The van der Waals surface area contributed by atoms with E-state index >= 15 is 0 Å². The lowest BCUT2D eigenvalue weighted by atomic mass is 10.1. The van der Waals surface area contributed by atoms with Gasteiger partial charge in [-0.3, -0.25) is 29.9 Å². The fourth-order valence-electron chi connectivity index (χ4n) is 2.92. The number of carbonyl (C=O) groups excluding carboxylic acids is 1. The molecule has 170 valence electrons. The summed E-state index contributed by atoms with van der Waals surface area (Å²) >= 11 is 1.10. The van der Waals surface area contributed by atoms with Crippen LogP contribution in [0.5, 0.6) is 0 Å².